The van der Waals surface area contributed by atoms with Gasteiger partial charge in [-0.2, -0.15) is 0 Å². The number of rotatable bonds is 4. The fraction of sp³-hybridized carbons (Fsp3) is 0.429. The molecule has 1 N–H and O–H groups in total. The average molecular weight is 249 g/mol. The van der Waals surface area contributed by atoms with Crippen molar-refractivity contribution >= 4 is 17.6 Å². The van der Waals surface area contributed by atoms with E-state index in [1.807, 2.05) is 13.8 Å². The van der Waals surface area contributed by atoms with Crippen LogP contribution in [0.15, 0.2) is 18.2 Å². The molecule has 1 atom stereocenters. The van der Waals surface area contributed by atoms with Crippen molar-refractivity contribution in [3.8, 4) is 0 Å². The van der Waals surface area contributed by atoms with Gasteiger partial charge in [-0.3, -0.25) is 4.79 Å². The third-order valence-electron chi connectivity index (χ3n) is 3.06. The summed E-state index contributed by atoms with van der Waals surface area (Å²) in [6.07, 6.45) is 0.779. The molecule has 1 amide bonds. The summed E-state index contributed by atoms with van der Waals surface area (Å²) in [6.45, 7) is 5.62. The first-order chi connectivity index (χ1) is 8.51. The SMILES string of the molecule is CC[C@H](C)C(=O)Nc1cccc(C(=O)OC)c1C. The quantitative estimate of drug-likeness (QED) is 0.835. The summed E-state index contributed by atoms with van der Waals surface area (Å²) in [4.78, 5) is 23.3. The van der Waals surface area contributed by atoms with Gasteiger partial charge in [-0.1, -0.05) is 19.9 Å². The second-order valence-electron chi connectivity index (χ2n) is 4.27. The van der Waals surface area contributed by atoms with Crippen LogP contribution in [0.1, 0.15) is 36.2 Å². The van der Waals surface area contributed by atoms with Crippen LogP contribution in [0.4, 0.5) is 5.69 Å². The molecule has 0 spiro atoms. The van der Waals surface area contributed by atoms with Gasteiger partial charge in [-0.15, -0.1) is 0 Å². The lowest BCUT2D eigenvalue weighted by Crippen LogP contribution is -2.20. The monoisotopic (exact) mass is 249 g/mol. The number of ether oxygens (including phenoxy) is 1. The van der Waals surface area contributed by atoms with Crippen molar-refractivity contribution in [2.24, 2.45) is 5.92 Å². The molecule has 0 bridgehead atoms. The normalized spacial score (nSPS) is 11.8. The number of nitrogens with one attached hydrogen (secondary N) is 1. The first kappa shape index (κ1) is 14.2. The zero-order valence-corrected chi connectivity index (χ0v) is 11.2. The van der Waals surface area contributed by atoms with Crippen LogP contribution in [-0.4, -0.2) is 19.0 Å². The van der Waals surface area contributed by atoms with E-state index in [9.17, 15) is 9.59 Å². The van der Waals surface area contributed by atoms with Crippen molar-refractivity contribution in [2.45, 2.75) is 27.2 Å². The smallest absolute Gasteiger partial charge is 0.338 e. The zero-order valence-electron chi connectivity index (χ0n) is 11.2. The largest absolute Gasteiger partial charge is 0.465 e. The second kappa shape index (κ2) is 6.19. The highest BCUT2D eigenvalue weighted by Gasteiger charge is 2.15. The Kier molecular flexibility index (Phi) is 4.89. The molecular weight excluding hydrogens is 230 g/mol. The molecule has 0 aliphatic rings. The van der Waals surface area contributed by atoms with Crippen LogP contribution in [0.25, 0.3) is 0 Å². The Bertz CT molecular complexity index is 454. The molecule has 0 aromatic heterocycles. The van der Waals surface area contributed by atoms with Gasteiger partial charge in [-0.25, -0.2) is 4.79 Å². The zero-order chi connectivity index (χ0) is 13.7. The van der Waals surface area contributed by atoms with E-state index in [2.05, 4.69) is 5.32 Å². The summed E-state index contributed by atoms with van der Waals surface area (Å²) in [5.41, 5.74) is 1.85. The van der Waals surface area contributed by atoms with Crippen LogP contribution in [0.5, 0.6) is 0 Å². The second-order valence-corrected chi connectivity index (χ2v) is 4.27. The fourth-order valence-corrected chi connectivity index (χ4v) is 1.54. The molecule has 0 fully saturated rings. The lowest BCUT2D eigenvalue weighted by atomic mass is 10.0. The van der Waals surface area contributed by atoms with E-state index in [1.54, 1.807) is 25.1 Å². The minimum absolute atomic E-state index is 0.0392. The Balaban J connectivity index is 2.98. The van der Waals surface area contributed by atoms with Gasteiger partial charge in [0.2, 0.25) is 5.91 Å². The van der Waals surface area contributed by atoms with Crippen LogP contribution >= 0.6 is 0 Å². The Morgan fingerprint density at radius 3 is 2.61 bits per heavy atom. The number of hydrogen-bond acceptors (Lipinski definition) is 3. The lowest BCUT2D eigenvalue weighted by Gasteiger charge is -2.13. The number of benzene rings is 1. The van der Waals surface area contributed by atoms with E-state index >= 15 is 0 Å². The van der Waals surface area contributed by atoms with E-state index in [0.29, 0.717) is 11.3 Å². The highest BCUT2D eigenvalue weighted by atomic mass is 16.5. The Hall–Kier alpha value is -1.84. The standard InChI is InChI=1S/C14H19NO3/c1-5-9(2)13(16)15-12-8-6-7-11(10(12)3)14(17)18-4/h6-9H,5H2,1-4H3,(H,15,16)/t9-/m0/s1. The van der Waals surface area contributed by atoms with Crippen LogP contribution < -0.4 is 5.32 Å². The van der Waals surface area contributed by atoms with Crippen LogP contribution in [0.3, 0.4) is 0 Å². The number of anilines is 1. The molecule has 1 aromatic rings. The fourth-order valence-electron chi connectivity index (χ4n) is 1.54. The summed E-state index contributed by atoms with van der Waals surface area (Å²) in [5, 5.41) is 2.83. The van der Waals surface area contributed by atoms with E-state index in [0.717, 1.165) is 12.0 Å². The summed E-state index contributed by atoms with van der Waals surface area (Å²) in [5.74, 6) is -0.485. The van der Waals surface area contributed by atoms with Gasteiger partial charge in [0.05, 0.1) is 12.7 Å². The van der Waals surface area contributed by atoms with Crippen molar-refractivity contribution in [3.63, 3.8) is 0 Å². The van der Waals surface area contributed by atoms with E-state index in [4.69, 9.17) is 4.74 Å². The highest BCUT2D eigenvalue weighted by Crippen LogP contribution is 2.20. The van der Waals surface area contributed by atoms with Gasteiger partial charge in [0.15, 0.2) is 0 Å². The highest BCUT2D eigenvalue weighted by molar-refractivity contribution is 5.97. The molecular formula is C14H19NO3. The first-order valence-electron chi connectivity index (χ1n) is 6.00. The molecule has 98 valence electrons. The van der Waals surface area contributed by atoms with E-state index in [1.165, 1.54) is 7.11 Å². The Labute approximate surface area is 107 Å². The summed E-state index contributed by atoms with van der Waals surface area (Å²) >= 11 is 0. The van der Waals surface area contributed by atoms with Crippen LogP contribution in [-0.2, 0) is 9.53 Å². The van der Waals surface area contributed by atoms with Gasteiger partial charge in [0.25, 0.3) is 0 Å². The van der Waals surface area contributed by atoms with Crippen LogP contribution in [0.2, 0.25) is 0 Å². The van der Waals surface area contributed by atoms with Gasteiger partial charge in [0.1, 0.15) is 0 Å². The number of esters is 1. The molecule has 0 saturated carbocycles. The average Bonchev–Trinajstić information content (AvgIpc) is 2.39. The molecule has 0 unspecified atom stereocenters. The summed E-state index contributed by atoms with van der Waals surface area (Å²) < 4.78 is 4.69. The van der Waals surface area contributed by atoms with Crippen LogP contribution in [0, 0.1) is 12.8 Å². The number of carbonyl (C=O) groups excluding carboxylic acids is 2. The molecule has 0 aliphatic carbocycles. The Morgan fingerprint density at radius 1 is 1.39 bits per heavy atom. The molecule has 1 rings (SSSR count). The van der Waals surface area contributed by atoms with E-state index < -0.39 is 5.97 Å². The van der Waals surface area contributed by atoms with Gasteiger partial charge in [0, 0.05) is 11.6 Å². The van der Waals surface area contributed by atoms with Crippen molar-refractivity contribution in [3.05, 3.63) is 29.3 Å². The lowest BCUT2D eigenvalue weighted by molar-refractivity contribution is -0.119. The van der Waals surface area contributed by atoms with Gasteiger partial charge in [-0.05, 0) is 31.0 Å². The minimum atomic E-state index is -0.396. The Morgan fingerprint density at radius 2 is 2.06 bits per heavy atom. The van der Waals surface area contributed by atoms with Gasteiger partial charge < -0.3 is 10.1 Å². The number of hydrogen-bond donors (Lipinski definition) is 1. The molecule has 0 heterocycles. The molecule has 0 radical (unpaired) electrons. The number of carbonyl (C=O) groups is 2. The predicted octanol–water partition coefficient (Wildman–Crippen LogP) is 2.77. The maximum atomic E-state index is 11.8. The first-order valence-corrected chi connectivity index (χ1v) is 6.00. The van der Waals surface area contributed by atoms with Gasteiger partial charge >= 0.3 is 5.97 Å². The minimum Gasteiger partial charge on any atom is -0.465 e. The van der Waals surface area contributed by atoms with E-state index in [-0.39, 0.29) is 11.8 Å². The molecule has 1 aromatic carbocycles. The third kappa shape index (κ3) is 3.09. The predicted molar refractivity (Wildman–Crippen MR) is 70.6 cm³/mol. The summed E-state index contributed by atoms with van der Waals surface area (Å²) in [6, 6.07) is 5.19. The molecule has 0 aliphatic heterocycles. The topological polar surface area (TPSA) is 55.4 Å². The molecule has 4 nitrogen and oxygen atoms in total. The molecule has 18 heavy (non-hydrogen) atoms. The number of amides is 1. The maximum absolute atomic E-state index is 11.8. The molecule has 0 saturated heterocycles. The van der Waals surface area contributed by atoms with Crippen molar-refractivity contribution in [1.29, 1.82) is 0 Å². The van der Waals surface area contributed by atoms with Crippen molar-refractivity contribution in [2.75, 3.05) is 12.4 Å². The van der Waals surface area contributed by atoms with Crippen molar-refractivity contribution in [1.82, 2.24) is 0 Å². The third-order valence-corrected chi connectivity index (χ3v) is 3.06. The maximum Gasteiger partial charge on any atom is 0.338 e. The molecule has 4 heteroatoms. The summed E-state index contributed by atoms with van der Waals surface area (Å²) in [7, 11) is 1.34. The number of methoxy groups -OCH3 is 1. The van der Waals surface area contributed by atoms with Crippen molar-refractivity contribution < 1.29 is 14.3 Å².